The van der Waals surface area contributed by atoms with E-state index >= 15 is 0 Å². The molecular weight excluding hydrogens is 330 g/mol. The zero-order valence-corrected chi connectivity index (χ0v) is 14.2. The summed E-state index contributed by atoms with van der Waals surface area (Å²) >= 11 is 0. The van der Waals surface area contributed by atoms with Gasteiger partial charge in [-0.25, -0.2) is 9.59 Å². The van der Waals surface area contributed by atoms with Crippen molar-refractivity contribution in [3.05, 3.63) is 82.9 Å². The maximum Gasteiger partial charge on any atom is 0.349 e. The number of hydrogen-bond donors (Lipinski definition) is 1. The number of carbonyl (C=O) groups is 2. The lowest BCUT2D eigenvalue weighted by atomic mass is 9.99. The van der Waals surface area contributed by atoms with Crippen LogP contribution in [0.3, 0.4) is 0 Å². The van der Waals surface area contributed by atoms with Crippen molar-refractivity contribution in [1.29, 1.82) is 5.26 Å². The molecule has 0 atom stereocenters. The summed E-state index contributed by atoms with van der Waals surface area (Å²) in [4.78, 5) is 23.0. The van der Waals surface area contributed by atoms with E-state index in [4.69, 9.17) is 9.84 Å². The van der Waals surface area contributed by atoms with Gasteiger partial charge in [0.2, 0.25) is 0 Å². The molecule has 0 spiro atoms. The van der Waals surface area contributed by atoms with Gasteiger partial charge in [-0.15, -0.1) is 0 Å². The topological polar surface area (TPSA) is 87.4 Å². The number of rotatable bonds is 6. The van der Waals surface area contributed by atoms with Crippen LogP contribution in [0.15, 0.2) is 66.2 Å². The van der Waals surface area contributed by atoms with E-state index in [1.807, 2.05) is 24.3 Å². The number of esters is 1. The molecular formula is C21H17NO4. The number of aromatic carboxylic acids is 1. The average molecular weight is 347 g/mol. The monoisotopic (exact) mass is 347 g/mol. The number of carboxylic acid groups (broad SMARTS) is 1. The van der Waals surface area contributed by atoms with Crippen molar-refractivity contribution in [3.63, 3.8) is 0 Å². The lowest BCUT2D eigenvalue weighted by Crippen LogP contribution is -2.08. The number of carboxylic acids is 1. The first-order valence-electron chi connectivity index (χ1n) is 7.95. The largest absolute Gasteiger partial charge is 0.478 e. The molecule has 26 heavy (non-hydrogen) atoms. The fourth-order valence-electron chi connectivity index (χ4n) is 2.28. The van der Waals surface area contributed by atoms with Crippen LogP contribution in [0, 0.1) is 11.3 Å². The molecule has 0 aliphatic rings. The van der Waals surface area contributed by atoms with E-state index in [-0.39, 0.29) is 17.7 Å². The molecule has 0 fully saturated rings. The second-order valence-electron chi connectivity index (χ2n) is 5.25. The van der Waals surface area contributed by atoms with Crippen LogP contribution < -0.4 is 0 Å². The molecule has 0 heterocycles. The van der Waals surface area contributed by atoms with Crippen molar-refractivity contribution >= 4 is 23.6 Å². The summed E-state index contributed by atoms with van der Waals surface area (Å²) in [5, 5.41) is 18.4. The lowest BCUT2D eigenvalue weighted by molar-refractivity contribution is -0.137. The Bertz CT molecular complexity index is 888. The Balaban J connectivity index is 2.46. The van der Waals surface area contributed by atoms with Crippen LogP contribution in [-0.4, -0.2) is 23.7 Å². The van der Waals surface area contributed by atoms with Gasteiger partial charge in [0.05, 0.1) is 12.2 Å². The van der Waals surface area contributed by atoms with Gasteiger partial charge in [-0.1, -0.05) is 54.6 Å². The molecule has 0 aromatic heterocycles. The molecule has 0 unspecified atom stereocenters. The van der Waals surface area contributed by atoms with E-state index < -0.39 is 11.9 Å². The first kappa shape index (κ1) is 18.7. The van der Waals surface area contributed by atoms with Crippen LogP contribution in [-0.2, 0) is 9.53 Å². The van der Waals surface area contributed by atoms with E-state index in [1.54, 1.807) is 43.3 Å². The molecule has 0 aliphatic heterocycles. The number of benzene rings is 2. The third-order valence-corrected chi connectivity index (χ3v) is 3.55. The van der Waals surface area contributed by atoms with E-state index in [9.17, 15) is 14.9 Å². The van der Waals surface area contributed by atoms with E-state index in [2.05, 4.69) is 0 Å². The molecule has 0 bridgehead atoms. The Hall–Kier alpha value is -3.65. The van der Waals surface area contributed by atoms with Gasteiger partial charge < -0.3 is 9.84 Å². The minimum absolute atomic E-state index is 0.0866. The molecule has 2 rings (SSSR count). The Kier molecular flexibility index (Phi) is 6.47. The van der Waals surface area contributed by atoms with Crippen molar-refractivity contribution in [2.45, 2.75) is 6.92 Å². The Morgan fingerprint density at radius 2 is 1.73 bits per heavy atom. The predicted octanol–water partition coefficient (Wildman–Crippen LogP) is 3.94. The number of nitriles is 1. The number of allylic oxidation sites excluding steroid dienone is 2. The van der Waals surface area contributed by atoms with Crippen molar-refractivity contribution in [2.75, 3.05) is 6.61 Å². The quantitative estimate of drug-likeness (QED) is 0.370. The van der Waals surface area contributed by atoms with Crippen LogP contribution in [0.5, 0.6) is 0 Å². The van der Waals surface area contributed by atoms with Crippen LogP contribution in [0.1, 0.15) is 28.4 Å². The predicted molar refractivity (Wildman–Crippen MR) is 98.0 cm³/mol. The van der Waals surface area contributed by atoms with Gasteiger partial charge in [0.15, 0.2) is 0 Å². The van der Waals surface area contributed by atoms with Crippen molar-refractivity contribution < 1.29 is 19.4 Å². The Morgan fingerprint density at radius 3 is 2.27 bits per heavy atom. The standard InChI is InChI=1S/C21H17NO4/c1-2-26-21(25)19(14-22)18(16-6-4-3-5-7-16)13-10-15-8-11-17(12-9-15)20(23)24/h3-13H,2H2,1H3,(H,23,24). The van der Waals surface area contributed by atoms with Crippen LogP contribution in [0.25, 0.3) is 11.6 Å². The van der Waals surface area contributed by atoms with Crippen LogP contribution in [0.4, 0.5) is 0 Å². The van der Waals surface area contributed by atoms with E-state index in [0.29, 0.717) is 11.1 Å². The van der Waals surface area contributed by atoms with E-state index in [0.717, 1.165) is 5.56 Å². The van der Waals surface area contributed by atoms with Gasteiger partial charge in [-0.2, -0.15) is 5.26 Å². The average Bonchev–Trinajstić information content (AvgIpc) is 2.66. The fraction of sp³-hybridized carbons (Fsp3) is 0.0952. The van der Waals surface area contributed by atoms with Gasteiger partial charge in [-0.05, 0) is 30.2 Å². The molecule has 0 saturated carbocycles. The van der Waals surface area contributed by atoms with Gasteiger partial charge in [0.1, 0.15) is 11.6 Å². The second kappa shape index (κ2) is 9.00. The maximum absolute atomic E-state index is 12.1. The number of hydrogen-bond acceptors (Lipinski definition) is 4. The number of ether oxygens (including phenoxy) is 1. The van der Waals surface area contributed by atoms with Crippen LogP contribution >= 0.6 is 0 Å². The van der Waals surface area contributed by atoms with E-state index in [1.165, 1.54) is 12.1 Å². The highest BCUT2D eigenvalue weighted by Crippen LogP contribution is 2.22. The Morgan fingerprint density at radius 1 is 1.08 bits per heavy atom. The highest BCUT2D eigenvalue weighted by atomic mass is 16.5. The summed E-state index contributed by atoms with van der Waals surface area (Å²) < 4.78 is 4.97. The molecule has 0 amide bonds. The molecule has 2 aromatic carbocycles. The summed E-state index contributed by atoms with van der Waals surface area (Å²) in [6, 6.07) is 17.3. The molecule has 5 nitrogen and oxygen atoms in total. The third-order valence-electron chi connectivity index (χ3n) is 3.55. The SMILES string of the molecule is CCOC(=O)C(C#N)=C(C=Cc1ccc(C(=O)O)cc1)c1ccccc1. The van der Waals surface area contributed by atoms with Crippen molar-refractivity contribution in [1.82, 2.24) is 0 Å². The minimum Gasteiger partial charge on any atom is -0.478 e. The fourth-order valence-corrected chi connectivity index (χ4v) is 2.28. The summed E-state index contributed by atoms with van der Waals surface area (Å²) in [6.45, 7) is 1.85. The molecule has 5 heteroatoms. The third kappa shape index (κ3) is 4.68. The highest BCUT2D eigenvalue weighted by Gasteiger charge is 2.16. The smallest absolute Gasteiger partial charge is 0.349 e. The highest BCUT2D eigenvalue weighted by molar-refractivity contribution is 6.04. The first-order valence-corrected chi connectivity index (χ1v) is 7.95. The summed E-state index contributed by atoms with van der Waals surface area (Å²) in [7, 11) is 0. The van der Waals surface area contributed by atoms with Crippen molar-refractivity contribution in [3.8, 4) is 6.07 Å². The summed E-state index contributed by atoms with van der Waals surface area (Å²) in [5.41, 5.74) is 1.98. The molecule has 2 aromatic rings. The summed E-state index contributed by atoms with van der Waals surface area (Å²) in [5.74, 6) is -1.68. The summed E-state index contributed by atoms with van der Waals surface area (Å²) in [6.07, 6.45) is 3.37. The molecule has 1 N–H and O–H groups in total. The molecule has 0 radical (unpaired) electrons. The number of carbonyl (C=O) groups excluding carboxylic acids is 1. The van der Waals surface area contributed by atoms with Crippen LogP contribution in [0.2, 0.25) is 0 Å². The number of nitrogens with zero attached hydrogens (tertiary/aromatic N) is 1. The molecule has 130 valence electrons. The zero-order chi connectivity index (χ0) is 18.9. The van der Waals surface area contributed by atoms with Gasteiger partial charge in [0.25, 0.3) is 0 Å². The van der Waals surface area contributed by atoms with Gasteiger partial charge >= 0.3 is 11.9 Å². The molecule has 0 aliphatic carbocycles. The normalized spacial score (nSPS) is 11.5. The van der Waals surface area contributed by atoms with Gasteiger partial charge in [0, 0.05) is 5.57 Å². The molecule has 0 saturated heterocycles. The minimum atomic E-state index is -1.00. The Labute approximate surface area is 151 Å². The zero-order valence-electron chi connectivity index (χ0n) is 14.2. The second-order valence-corrected chi connectivity index (χ2v) is 5.25. The maximum atomic E-state index is 12.1. The first-order chi connectivity index (χ1) is 12.6. The van der Waals surface area contributed by atoms with Crippen molar-refractivity contribution in [2.24, 2.45) is 0 Å². The lowest BCUT2D eigenvalue weighted by Gasteiger charge is -2.07. The van der Waals surface area contributed by atoms with Gasteiger partial charge in [-0.3, -0.25) is 0 Å².